The van der Waals surface area contributed by atoms with E-state index in [2.05, 4.69) is 5.73 Å². The summed E-state index contributed by atoms with van der Waals surface area (Å²) < 4.78 is 48.4. The number of carbonyl (C=O) groups excluding carboxylic acids is 1. The third-order valence-electron chi connectivity index (χ3n) is 4.53. The van der Waals surface area contributed by atoms with Gasteiger partial charge in [0.2, 0.25) is 11.2 Å². The van der Waals surface area contributed by atoms with Crippen molar-refractivity contribution >= 4 is 34.8 Å². The lowest BCUT2D eigenvalue weighted by Gasteiger charge is -2.11. The van der Waals surface area contributed by atoms with Crippen LogP contribution in [0.25, 0.3) is 23.1 Å². The first-order valence-electron chi connectivity index (χ1n) is 10.3. The molecule has 0 atom stereocenters. The molecular formula is C24H25F3N2O6. The normalized spacial score (nSPS) is 11.2. The molecule has 0 saturated heterocycles. The molecule has 1 heterocycles. The lowest BCUT2D eigenvalue weighted by atomic mass is 10.1. The van der Waals surface area contributed by atoms with E-state index >= 15 is 0 Å². The highest BCUT2D eigenvalue weighted by Gasteiger charge is 2.28. The standard InChI is InChI=1S/C22H24N2O4.C2HF3O2/c1-24(2)16-7-4-15(5-8-16)6-11-19-22(26-3)21(25)18-10-9-17(27-13-12-23)14-20(18)28-19;3-2(4,5)1(6)7/h4-11,14H,12-13,23H2,1-3H3;(H,6,7)/b11-6+;. The number of hydrogen-bond acceptors (Lipinski definition) is 7. The second-order valence-electron chi connectivity index (χ2n) is 7.29. The molecule has 0 aliphatic rings. The molecule has 3 N–H and O–H groups in total. The Morgan fingerprint density at radius 2 is 1.77 bits per heavy atom. The third kappa shape index (κ3) is 7.51. The molecule has 0 amide bonds. The topological polar surface area (TPSA) is 120 Å². The fourth-order valence-corrected chi connectivity index (χ4v) is 2.81. The highest BCUT2D eigenvalue weighted by atomic mass is 19.4. The summed E-state index contributed by atoms with van der Waals surface area (Å²) in [6.45, 7) is 1.16. The quantitative estimate of drug-likeness (QED) is 0.533. The Labute approximate surface area is 199 Å². The van der Waals surface area contributed by atoms with Gasteiger partial charge < -0.3 is 34.4 Å². The molecule has 0 saturated carbocycles. The summed E-state index contributed by atoms with van der Waals surface area (Å²) in [6, 6.07) is 13.2. The van der Waals surface area contributed by atoms with Gasteiger partial charge in [-0.05, 0) is 35.9 Å². The zero-order valence-electron chi connectivity index (χ0n) is 19.3. The molecule has 0 radical (unpaired) electrons. The van der Waals surface area contributed by atoms with Gasteiger partial charge in [0.05, 0.1) is 12.5 Å². The van der Waals surface area contributed by atoms with Gasteiger partial charge in [-0.15, -0.1) is 0 Å². The van der Waals surface area contributed by atoms with Crippen molar-refractivity contribution in [1.29, 1.82) is 0 Å². The number of ether oxygens (including phenoxy) is 2. The maximum atomic E-state index is 12.8. The summed E-state index contributed by atoms with van der Waals surface area (Å²) in [4.78, 5) is 23.6. The van der Waals surface area contributed by atoms with Crippen molar-refractivity contribution in [2.24, 2.45) is 0 Å². The Kier molecular flexibility index (Phi) is 9.29. The van der Waals surface area contributed by atoms with Crippen molar-refractivity contribution in [1.82, 2.24) is 0 Å². The van der Waals surface area contributed by atoms with Crippen molar-refractivity contribution in [3.8, 4) is 11.5 Å². The number of quaternary nitrogens is 1. The highest BCUT2D eigenvalue weighted by molar-refractivity contribution is 5.82. The maximum absolute atomic E-state index is 12.8. The monoisotopic (exact) mass is 494 g/mol. The van der Waals surface area contributed by atoms with E-state index < -0.39 is 12.1 Å². The van der Waals surface area contributed by atoms with E-state index in [1.807, 2.05) is 49.3 Å². The number of alkyl halides is 3. The van der Waals surface area contributed by atoms with Crippen molar-refractivity contribution in [3.05, 3.63) is 64.0 Å². The number of nitrogens with zero attached hydrogens (tertiary/aromatic N) is 1. The molecular weight excluding hydrogens is 469 g/mol. The van der Waals surface area contributed by atoms with E-state index in [1.54, 1.807) is 24.3 Å². The number of benzene rings is 2. The number of fused-ring (bicyclic) bond motifs is 1. The molecule has 0 aliphatic carbocycles. The average Bonchev–Trinajstić information content (AvgIpc) is 2.81. The van der Waals surface area contributed by atoms with Crippen LogP contribution in [0.1, 0.15) is 11.3 Å². The van der Waals surface area contributed by atoms with Crippen molar-refractivity contribution in [3.63, 3.8) is 0 Å². The fourth-order valence-electron chi connectivity index (χ4n) is 2.81. The van der Waals surface area contributed by atoms with E-state index in [9.17, 15) is 18.0 Å². The van der Waals surface area contributed by atoms with Crippen LogP contribution < -0.4 is 30.6 Å². The Hall–Kier alpha value is -3.99. The average molecular weight is 494 g/mol. The van der Waals surface area contributed by atoms with Gasteiger partial charge in [-0.25, -0.2) is 0 Å². The number of rotatable bonds is 7. The molecule has 0 spiro atoms. The molecule has 3 rings (SSSR count). The Balaban J connectivity index is 0.000000540. The number of aliphatic carboxylic acids is 1. The lowest BCUT2D eigenvalue weighted by Crippen LogP contribution is -2.52. The van der Waals surface area contributed by atoms with Crippen LogP contribution in [0.5, 0.6) is 11.5 Å². The van der Waals surface area contributed by atoms with Crippen molar-refractivity contribution < 1.29 is 42.7 Å². The molecule has 0 fully saturated rings. The van der Waals surface area contributed by atoms with Gasteiger partial charge in [-0.2, -0.15) is 13.2 Å². The van der Waals surface area contributed by atoms with Gasteiger partial charge in [-0.1, -0.05) is 18.2 Å². The zero-order valence-corrected chi connectivity index (χ0v) is 19.3. The predicted molar refractivity (Wildman–Crippen MR) is 123 cm³/mol. The van der Waals surface area contributed by atoms with Crippen LogP contribution >= 0.6 is 0 Å². The molecule has 0 aliphatic heterocycles. The van der Waals surface area contributed by atoms with Crippen molar-refractivity contribution in [2.45, 2.75) is 6.18 Å². The summed E-state index contributed by atoms with van der Waals surface area (Å²) in [5.41, 5.74) is 6.10. The summed E-state index contributed by atoms with van der Waals surface area (Å²) >= 11 is 0. The number of carboxylic acids is 1. The van der Waals surface area contributed by atoms with Gasteiger partial charge in [0.15, 0.2) is 5.76 Å². The van der Waals surface area contributed by atoms with E-state index in [0.717, 1.165) is 11.3 Å². The first kappa shape index (κ1) is 27.3. The highest BCUT2D eigenvalue weighted by Crippen LogP contribution is 2.26. The first-order chi connectivity index (χ1) is 16.5. The van der Waals surface area contributed by atoms with Gasteiger partial charge in [-0.3, -0.25) is 4.79 Å². The SMILES string of the molecule is COc1c(/C=C/c2ccc(N(C)C)cc2)oc2cc(OCC[NH3+])ccc2c1=O.O=C([O-])C(F)(F)F. The van der Waals surface area contributed by atoms with Crippen LogP contribution in [0.2, 0.25) is 0 Å². The number of methoxy groups -OCH3 is 1. The number of carbonyl (C=O) groups is 1. The number of hydrogen-bond donors (Lipinski definition) is 1. The molecule has 188 valence electrons. The van der Waals surface area contributed by atoms with Gasteiger partial charge in [0.25, 0.3) is 0 Å². The van der Waals surface area contributed by atoms with Crippen LogP contribution in [0.3, 0.4) is 0 Å². The van der Waals surface area contributed by atoms with E-state index in [-0.39, 0.29) is 11.2 Å². The second kappa shape index (κ2) is 11.9. The molecule has 1 aromatic heterocycles. The van der Waals surface area contributed by atoms with Crippen LogP contribution in [0, 0.1) is 0 Å². The van der Waals surface area contributed by atoms with Crippen LogP contribution in [-0.2, 0) is 4.79 Å². The van der Waals surface area contributed by atoms with E-state index in [0.29, 0.717) is 35.6 Å². The number of halogens is 3. The van der Waals surface area contributed by atoms with Crippen LogP contribution in [-0.4, -0.2) is 46.5 Å². The number of anilines is 1. The Morgan fingerprint density at radius 1 is 1.14 bits per heavy atom. The van der Waals surface area contributed by atoms with E-state index in [4.69, 9.17) is 23.8 Å². The smallest absolute Gasteiger partial charge is 0.430 e. The zero-order chi connectivity index (χ0) is 26.2. The minimum absolute atomic E-state index is 0.181. The lowest BCUT2D eigenvalue weighted by molar-refractivity contribution is -0.370. The Morgan fingerprint density at radius 3 is 2.29 bits per heavy atom. The molecule has 0 bridgehead atoms. The van der Waals surface area contributed by atoms with Gasteiger partial charge in [0, 0.05) is 25.8 Å². The fraction of sp³-hybridized carbons (Fsp3) is 0.250. The summed E-state index contributed by atoms with van der Waals surface area (Å²) in [5.74, 6) is -1.82. The molecule has 2 aromatic carbocycles. The summed E-state index contributed by atoms with van der Waals surface area (Å²) in [6.07, 6.45) is -1.57. The largest absolute Gasteiger partial charge is 0.542 e. The van der Waals surface area contributed by atoms with Gasteiger partial charge >= 0.3 is 6.18 Å². The molecule has 8 nitrogen and oxygen atoms in total. The second-order valence-corrected chi connectivity index (χ2v) is 7.29. The maximum Gasteiger partial charge on any atom is 0.430 e. The van der Waals surface area contributed by atoms with Gasteiger partial charge in [0.1, 0.15) is 30.5 Å². The summed E-state index contributed by atoms with van der Waals surface area (Å²) in [7, 11) is 5.45. The molecule has 11 heteroatoms. The van der Waals surface area contributed by atoms with Crippen LogP contribution in [0.15, 0.2) is 51.7 Å². The molecule has 35 heavy (non-hydrogen) atoms. The molecule has 3 aromatic rings. The third-order valence-corrected chi connectivity index (χ3v) is 4.53. The minimum Gasteiger partial charge on any atom is -0.542 e. The first-order valence-corrected chi connectivity index (χ1v) is 10.3. The van der Waals surface area contributed by atoms with E-state index in [1.165, 1.54) is 7.11 Å². The number of carboxylic acid groups (broad SMARTS) is 1. The minimum atomic E-state index is -5.19. The predicted octanol–water partition coefficient (Wildman–Crippen LogP) is 1.96. The summed E-state index contributed by atoms with van der Waals surface area (Å²) in [5, 5.41) is 9.24. The molecule has 0 unspecified atom stereocenters. The van der Waals surface area contributed by atoms with Crippen LogP contribution in [0.4, 0.5) is 18.9 Å². The van der Waals surface area contributed by atoms with Crippen molar-refractivity contribution in [2.75, 3.05) is 39.3 Å². The Bertz CT molecular complexity index is 1230.